The number of methoxy groups -OCH3 is 2. The largest absolute Gasteiger partial charge is 0.495 e. The van der Waals surface area contributed by atoms with Gasteiger partial charge in [-0.25, -0.2) is 19.9 Å². The topological polar surface area (TPSA) is 176 Å². The van der Waals surface area contributed by atoms with Crippen LogP contribution in [0.2, 0.25) is 0 Å². The fourth-order valence-corrected chi connectivity index (χ4v) is 11.6. The molecule has 2 aliphatic carbocycles. The number of carbonyl (C=O) groups is 2. The Bertz CT molecular complexity index is 2760. The Balaban J connectivity index is 0.000000146. The number of nitrogens with zero attached hydrogens (tertiary/aromatic N) is 7. The Morgan fingerprint density at radius 1 is 0.717 bits per heavy atom. The molecule has 4 aromatic heterocycles. The van der Waals surface area contributed by atoms with Crippen molar-refractivity contribution in [2.24, 2.45) is 21.8 Å². The third-order valence-electron chi connectivity index (χ3n) is 12.2. The number of hydrogen-bond acceptors (Lipinski definition) is 14. The molecule has 2 aromatic carbocycles. The van der Waals surface area contributed by atoms with Crippen LogP contribution in [-0.4, -0.2) is 81.6 Å². The van der Waals surface area contributed by atoms with Crippen molar-refractivity contribution in [1.82, 2.24) is 24.8 Å². The van der Waals surface area contributed by atoms with Crippen LogP contribution in [0.15, 0.2) is 46.9 Å². The fraction of sp³-hybridized carbons (Fsp3) is 0.364. The van der Waals surface area contributed by atoms with E-state index in [2.05, 4.69) is 51.5 Å². The first kappa shape index (κ1) is 38.2. The molecule has 1 amide bonds. The van der Waals surface area contributed by atoms with Crippen molar-refractivity contribution >= 4 is 90.4 Å². The minimum absolute atomic E-state index is 0.0918. The highest BCUT2D eigenvalue weighted by Gasteiger charge is 2.33. The van der Waals surface area contributed by atoms with Crippen molar-refractivity contribution in [3.63, 3.8) is 0 Å². The number of aliphatic carboxylic acids is 1. The minimum atomic E-state index is -0.725. The number of ether oxygens (including phenoxy) is 2. The third-order valence-corrected chi connectivity index (χ3v) is 14.5. The Morgan fingerprint density at radius 2 is 1.22 bits per heavy atom. The summed E-state index contributed by atoms with van der Waals surface area (Å²) in [5.74, 6) is 2.42. The van der Waals surface area contributed by atoms with Gasteiger partial charge in [-0.1, -0.05) is 0 Å². The van der Waals surface area contributed by atoms with E-state index in [9.17, 15) is 14.7 Å². The smallest absolute Gasteiger partial charge is 0.306 e. The van der Waals surface area contributed by atoms with E-state index >= 15 is 0 Å². The molecule has 3 aliphatic heterocycles. The standard InChI is InChI=1S/C24H25N5O2S.C20H18N4O3S/c1-31-19-9-16-12-25-11-15(16)8-18(19)28-22-21-17-5-4-14(24(30)29-6-2-3-7-29)10-20(17)32-23(21)27-13-26-22;1-27-15-5-12-8-21-7-11(12)4-14(15)24-18-17-13-3-2-10(20(25)26)6-16(13)28-19(17)23-9-22-18/h8-9,11,13-14H,2-7,10,12H2,1H3,(H,26,27,28);4-5,7,9-10H,2-3,6,8H2,1H3,(H,25,26)(H,22,23,24). The molecule has 2 atom stereocenters. The lowest BCUT2D eigenvalue weighted by Crippen LogP contribution is -2.36. The average Bonchev–Trinajstić information content (AvgIpc) is 4.12. The summed E-state index contributed by atoms with van der Waals surface area (Å²) in [4.78, 5) is 57.4. The number of anilines is 4. The number of amides is 1. The van der Waals surface area contributed by atoms with Crippen molar-refractivity contribution < 1.29 is 24.2 Å². The van der Waals surface area contributed by atoms with Gasteiger partial charge in [0.2, 0.25) is 5.91 Å². The van der Waals surface area contributed by atoms with E-state index in [0.717, 1.165) is 128 Å². The molecule has 306 valence electrons. The zero-order chi connectivity index (χ0) is 40.9. The number of aryl methyl sites for hydroxylation is 2. The van der Waals surface area contributed by atoms with Gasteiger partial charge in [-0.3, -0.25) is 19.6 Å². The summed E-state index contributed by atoms with van der Waals surface area (Å²) in [7, 11) is 3.33. The van der Waals surface area contributed by atoms with E-state index in [-0.39, 0.29) is 11.8 Å². The zero-order valence-corrected chi connectivity index (χ0v) is 34.9. The first-order chi connectivity index (χ1) is 29.3. The van der Waals surface area contributed by atoms with Crippen LogP contribution in [0, 0.1) is 11.8 Å². The van der Waals surface area contributed by atoms with Crippen LogP contribution in [0.25, 0.3) is 20.4 Å². The van der Waals surface area contributed by atoms with Crippen molar-refractivity contribution in [2.75, 3.05) is 37.9 Å². The molecule has 0 radical (unpaired) electrons. The number of carboxylic acid groups (broad SMARTS) is 1. The van der Waals surface area contributed by atoms with Gasteiger partial charge in [-0.05, 0) is 109 Å². The predicted molar refractivity (Wildman–Crippen MR) is 234 cm³/mol. The molecule has 2 unspecified atom stereocenters. The summed E-state index contributed by atoms with van der Waals surface area (Å²) in [6.07, 6.45) is 13.7. The van der Waals surface area contributed by atoms with Gasteiger partial charge in [0.15, 0.2) is 0 Å². The van der Waals surface area contributed by atoms with Gasteiger partial charge >= 0.3 is 5.97 Å². The number of thiophene rings is 2. The molecule has 3 N–H and O–H groups in total. The van der Waals surface area contributed by atoms with E-state index in [0.29, 0.717) is 31.8 Å². The highest BCUT2D eigenvalue weighted by molar-refractivity contribution is 7.19. The second-order valence-electron chi connectivity index (χ2n) is 15.8. The molecular formula is C44H43N9O5S2. The fourth-order valence-electron chi connectivity index (χ4n) is 9.09. The number of benzene rings is 2. The van der Waals surface area contributed by atoms with Gasteiger partial charge in [0.25, 0.3) is 0 Å². The lowest BCUT2D eigenvalue weighted by molar-refractivity contribution is -0.142. The molecule has 0 spiro atoms. The molecule has 16 heteroatoms. The Labute approximate surface area is 353 Å². The van der Waals surface area contributed by atoms with E-state index in [4.69, 9.17) is 9.47 Å². The van der Waals surface area contributed by atoms with Crippen LogP contribution in [0.3, 0.4) is 0 Å². The number of fused-ring (bicyclic) bond motifs is 8. The maximum absolute atomic E-state index is 13.0. The van der Waals surface area contributed by atoms with Crippen LogP contribution in [0.1, 0.15) is 68.8 Å². The summed E-state index contributed by atoms with van der Waals surface area (Å²) in [6, 6.07) is 8.14. The second kappa shape index (κ2) is 15.9. The highest BCUT2D eigenvalue weighted by Crippen LogP contribution is 2.44. The average molecular weight is 842 g/mol. The zero-order valence-electron chi connectivity index (χ0n) is 33.3. The summed E-state index contributed by atoms with van der Waals surface area (Å²) < 4.78 is 11.2. The van der Waals surface area contributed by atoms with Crippen LogP contribution in [-0.2, 0) is 48.4 Å². The maximum Gasteiger partial charge on any atom is 0.306 e. The number of carbonyl (C=O) groups excluding carboxylic acids is 1. The van der Waals surface area contributed by atoms with E-state index in [1.54, 1.807) is 49.5 Å². The number of aliphatic imine (C=N–C) groups is 2. The Hall–Kier alpha value is -6.00. The lowest BCUT2D eigenvalue weighted by atomic mass is 9.87. The van der Waals surface area contributed by atoms with Crippen LogP contribution < -0.4 is 20.1 Å². The quantitative estimate of drug-likeness (QED) is 0.137. The van der Waals surface area contributed by atoms with Crippen LogP contribution in [0.4, 0.5) is 23.0 Å². The van der Waals surface area contributed by atoms with E-state index < -0.39 is 5.97 Å². The summed E-state index contributed by atoms with van der Waals surface area (Å²) in [6.45, 7) is 3.20. The molecule has 1 fully saturated rings. The normalized spacial score (nSPS) is 18.4. The maximum atomic E-state index is 13.0. The second-order valence-corrected chi connectivity index (χ2v) is 17.9. The summed E-state index contributed by atoms with van der Waals surface area (Å²) in [5.41, 5.74) is 8.65. The van der Waals surface area contributed by atoms with Crippen LogP contribution >= 0.6 is 22.7 Å². The molecule has 7 heterocycles. The van der Waals surface area contributed by atoms with Crippen molar-refractivity contribution in [1.29, 1.82) is 0 Å². The molecule has 0 saturated carbocycles. The minimum Gasteiger partial charge on any atom is -0.495 e. The van der Waals surface area contributed by atoms with E-state index in [1.807, 2.05) is 30.6 Å². The lowest BCUT2D eigenvalue weighted by Gasteiger charge is -2.26. The molecule has 5 aliphatic rings. The van der Waals surface area contributed by atoms with Crippen molar-refractivity contribution in [3.8, 4) is 11.5 Å². The van der Waals surface area contributed by atoms with Gasteiger partial charge in [0, 0.05) is 41.2 Å². The third kappa shape index (κ3) is 7.00. The van der Waals surface area contributed by atoms with E-state index in [1.165, 1.54) is 21.6 Å². The number of nitrogens with one attached hydrogen (secondary N) is 2. The number of aromatic nitrogens is 4. The van der Waals surface area contributed by atoms with Crippen LogP contribution in [0.5, 0.6) is 11.5 Å². The monoisotopic (exact) mass is 841 g/mol. The first-order valence-corrected chi connectivity index (χ1v) is 22.0. The first-order valence-electron chi connectivity index (χ1n) is 20.3. The molecular weight excluding hydrogens is 799 g/mol. The Kier molecular flexibility index (Phi) is 10.1. The SMILES string of the molecule is COc1cc2c(cc1Nc1ncnc3sc4c(c13)CCC(C(=O)N1CCCC1)C4)C=NC2.COc1cc2c(cc1Nc1ncnc3sc4c(c13)CCC(C(=O)O)C4)C=NC2. The number of likely N-dealkylation sites (tertiary alicyclic amines) is 1. The summed E-state index contributed by atoms with van der Waals surface area (Å²) in [5, 5.41) is 18.4. The highest BCUT2D eigenvalue weighted by atomic mass is 32.1. The number of hydrogen-bond donors (Lipinski definition) is 3. The molecule has 1 saturated heterocycles. The summed E-state index contributed by atoms with van der Waals surface area (Å²) >= 11 is 3.27. The predicted octanol–water partition coefficient (Wildman–Crippen LogP) is 7.67. The molecule has 60 heavy (non-hydrogen) atoms. The van der Waals surface area contributed by atoms with Gasteiger partial charge in [0.05, 0.1) is 55.4 Å². The van der Waals surface area contributed by atoms with Gasteiger partial charge < -0.3 is 30.1 Å². The molecule has 14 nitrogen and oxygen atoms in total. The van der Waals surface area contributed by atoms with Gasteiger partial charge in [0.1, 0.15) is 45.5 Å². The van der Waals surface area contributed by atoms with Gasteiger partial charge in [-0.2, -0.15) is 0 Å². The Morgan fingerprint density at radius 3 is 1.72 bits per heavy atom. The van der Waals surface area contributed by atoms with Crippen molar-refractivity contribution in [2.45, 2.75) is 64.5 Å². The van der Waals surface area contributed by atoms with Crippen molar-refractivity contribution in [3.05, 3.63) is 80.1 Å². The molecule has 11 rings (SSSR count). The molecule has 6 aromatic rings. The van der Waals surface area contributed by atoms with Gasteiger partial charge in [-0.15, -0.1) is 22.7 Å². The number of rotatable bonds is 8. The molecule has 0 bridgehead atoms. The number of carboxylic acids is 1.